The maximum Gasteiger partial charge on any atom is 0.122 e. The van der Waals surface area contributed by atoms with E-state index in [9.17, 15) is 0 Å². The van der Waals surface area contributed by atoms with E-state index in [2.05, 4.69) is 38.1 Å². The Hall–Kier alpha value is -0.980. The molecule has 0 aromatic heterocycles. The van der Waals surface area contributed by atoms with Gasteiger partial charge in [0.1, 0.15) is 5.75 Å². The number of hydrogen-bond donors (Lipinski definition) is 0. The number of rotatable bonds is 8. The molecule has 1 aliphatic rings. The highest BCUT2D eigenvalue weighted by atomic mass is 16.5. The van der Waals surface area contributed by atoms with Crippen molar-refractivity contribution in [2.75, 3.05) is 6.61 Å². The monoisotopic (exact) mass is 274 g/mol. The lowest BCUT2D eigenvalue weighted by Gasteiger charge is -2.34. The van der Waals surface area contributed by atoms with Crippen LogP contribution in [0.5, 0.6) is 5.75 Å². The number of hydrogen-bond acceptors (Lipinski definition) is 1. The van der Waals surface area contributed by atoms with Gasteiger partial charge in [-0.2, -0.15) is 0 Å². The fourth-order valence-electron chi connectivity index (χ4n) is 3.43. The molecule has 0 saturated heterocycles. The van der Waals surface area contributed by atoms with E-state index < -0.39 is 0 Å². The summed E-state index contributed by atoms with van der Waals surface area (Å²) >= 11 is 0. The maximum atomic E-state index is 6.00. The Kier molecular flexibility index (Phi) is 6.42. The average Bonchev–Trinajstić information content (AvgIpc) is 2.49. The Bertz CT molecular complexity index is 385. The molecule has 2 rings (SSSR count). The van der Waals surface area contributed by atoms with Gasteiger partial charge in [0, 0.05) is 0 Å². The van der Waals surface area contributed by atoms with Crippen molar-refractivity contribution >= 4 is 0 Å². The molecule has 0 aliphatic carbocycles. The van der Waals surface area contributed by atoms with Crippen molar-refractivity contribution < 1.29 is 4.74 Å². The first-order chi connectivity index (χ1) is 9.86. The summed E-state index contributed by atoms with van der Waals surface area (Å²) < 4.78 is 6.00. The van der Waals surface area contributed by atoms with Crippen LogP contribution in [0.2, 0.25) is 0 Å². The molecule has 0 saturated carbocycles. The number of para-hydroxylation sites is 1. The number of benzene rings is 1. The molecule has 20 heavy (non-hydrogen) atoms. The lowest BCUT2D eigenvalue weighted by atomic mass is 9.78. The van der Waals surface area contributed by atoms with Gasteiger partial charge in [-0.15, -0.1) is 0 Å². The molecule has 1 nitrogen and oxygen atoms in total. The Balaban J connectivity index is 2.04. The second-order valence-corrected chi connectivity index (χ2v) is 6.21. The zero-order valence-corrected chi connectivity index (χ0v) is 13.2. The molecule has 0 fully saturated rings. The Morgan fingerprint density at radius 3 is 2.40 bits per heavy atom. The summed E-state index contributed by atoms with van der Waals surface area (Å²) in [5.74, 6) is 2.59. The molecule has 1 heterocycles. The van der Waals surface area contributed by atoms with Gasteiger partial charge in [0.2, 0.25) is 0 Å². The molecular formula is C19H30O. The summed E-state index contributed by atoms with van der Waals surface area (Å²) in [7, 11) is 0. The lowest BCUT2D eigenvalue weighted by Crippen LogP contribution is -2.26. The second-order valence-electron chi connectivity index (χ2n) is 6.21. The molecule has 0 bridgehead atoms. The van der Waals surface area contributed by atoms with Gasteiger partial charge >= 0.3 is 0 Å². The van der Waals surface area contributed by atoms with Gasteiger partial charge in [-0.1, -0.05) is 70.6 Å². The van der Waals surface area contributed by atoms with E-state index in [-0.39, 0.29) is 0 Å². The van der Waals surface area contributed by atoms with E-state index >= 15 is 0 Å². The number of fused-ring (bicyclic) bond motifs is 1. The highest BCUT2D eigenvalue weighted by Gasteiger charge is 2.29. The first-order valence-electron chi connectivity index (χ1n) is 8.58. The normalized spacial score (nSPS) is 21.3. The van der Waals surface area contributed by atoms with Crippen LogP contribution in [-0.2, 0) is 0 Å². The zero-order valence-electron chi connectivity index (χ0n) is 13.2. The average molecular weight is 274 g/mol. The Morgan fingerprint density at radius 2 is 1.65 bits per heavy atom. The second kappa shape index (κ2) is 8.34. The smallest absolute Gasteiger partial charge is 0.122 e. The molecule has 1 aromatic carbocycles. The molecule has 0 spiro atoms. The van der Waals surface area contributed by atoms with Gasteiger partial charge in [0.05, 0.1) is 6.61 Å². The third-order valence-corrected chi connectivity index (χ3v) is 4.64. The van der Waals surface area contributed by atoms with Crippen molar-refractivity contribution in [1.29, 1.82) is 0 Å². The van der Waals surface area contributed by atoms with Crippen LogP contribution in [0.15, 0.2) is 24.3 Å². The van der Waals surface area contributed by atoms with E-state index in [1.165, 1.54) is 56.9 Å². The third kappa shape index (κ3) is 4.01. The van der Waals surface area contributed by atoms with Gasteiger partial charge in [-0.05, 0) is 36.3 Å². The molecule has 0 unspecified atom stereocenters. The number of ether oxygens (including phenoxy) is 1. The van der Waals surface area contributed by atoms with Crippen molar-refractivity contribution in [2.45, 2.75) is 71.1 Å². The molecule has 0 radical (unpaired) electrons. The maximum absolute atomic E-state index is 6.00. The molecule has 1 aromatic rings. The minimum absolute atomic E-state index is 0.725. The fourth-order valence-corrected chi connectivity index (χ4v) is 3.43. The predicted octanol–water partition coefficient (Wildman–Crippen LogP) is 5.94. The SMILES string of the molecule is CCCCC[C@@H]1COc2ccccc2[C@H]1CCCCC. The fraction of sp³-hybridized carbons (Fsp3) is 0.684. The van der Waals surface area contributed by atoms with Crippen molar-refractivity contribution in [2.24, 2.45) is 5.92 Å². The van der Waals surface area contributed by atoms with Gasteiger partial charge in [0.15, 0.2) is 0 Å². The summed E-state index contributed by atoms with van der Waals surface area (Å²) in [5.41, 5.74) is 1.47. The molecule has 2 atom stereocenters. The van der Waals surface area contributed by atoms with Gasteiger partial charge in [-0.3, -0.25) is 0 Å². The van der Waals surface area contributed by atoms with Crippen LogP contribution in [-0.4, -0.2) is 6.61 Å². The standard InChI is InChI=1S/C19H30O/c1-3-5-7-11-16-15-20-19-14-10-9-13-18(19)17(16)12-8-6-4-2/h9-10,13-14,16-17H,3-8,11-12,15H2,1-2H3/t16-,17+/m1/s1. The van der Waals surface area contributed by atoms with Gasteiger partial charge < -0.3 is 4.74 Å². The molecule has 0 amide bonds. The first-order valence-corrected chi connectivity index (χ1v) is 8.58. The van der Waals surface area contributed by atoms with E-state index in [0.29, 0.717) is 0 Å². The zero-order chi connectivity index (χ0) is 14.2. The highest BCUT2D eigenvalue weighted by molar-refractivity contribution is 5.38. The van der Waals surface area contributed by atoms with E-state index in [4.69, 9.17) is 4.74 Å². The minimum Gasteiger partial charge on any atom is -0.493 e. The molecule has 1 heteroatoms. The van der Waals surface area contributed by atoms with Crippen molar-refractivity contribution in [3.63, 3.8) is 0 Å². The van der Waals surface area contributed by atoms with Crippen LogP contribution in [0.1, 0.15) is 76.7 Å². The van der Waals surface area contributed by atoms with Crippen molar-refractivity contribution in [3.05, 3.63) is 29.8 Å². The van der Waals surface area contributed by atoms with Crippen LogP contribution in [0.25, 0.3) is 0 Å². The number of unbranched alkanes of at least 4 members (excludes halogenated alkanes) is 4. The minimum atomic E-state index is 0.725. The first kappa shape index (κ1) is 15.4. The molecular weight excluding hydrogens is 244 g/mol. The summed E-state index contributed by atoms with van der Waals surface area (Å²) in [5, 5.41) is 0. The van der Waals surface area contributed by atoms with E-state index in [1.54, 1.807) is 0 Å². The Labute approximate surface area is 124 Å². The molecule has 112 valence electrons. The molecule has 1 aliphatic heterocycles. The summed E-state index contributed by atoms with van der Waals surface area (Å²) in [6.45, 7) is 5.50. The van der Waals surface area contributed by atoms with Crippen molar-refractivity contribution in [1.82, 2.24) is 0 Å². The third-order valence-electron chi connectivity index (χ3n) is 4.64. The summed E-state index contributed by atoms with van der Waals surface area (Å²) in [6, 6.07) is 8.70. The van der Waals surface area contributed by atoms with Crippen LogP contribution in [0.3, 0.4) is 0 Å². The quantitative estimate of drug-likeness (QED) is 0.533. The lowest BCUT2D eigenvalue weighted by molar-refractivity contribution is 0.175. The van der Waals surface area contributed by atoms with Crippen LogP contribution < -0.4 is 4.74 Å². The van der Waals surface area contributed by atoms with Crippen LogP contribution in [0, 0.1) is 5.92 Å². The highest BCUT2D eigenvalue weighted by Crippen LogP contribution is 2.42. The predicted molar refractivity (Wildman–Crippen MR) is 86.5 cm³/mol. The summed E-state index contributed by atoms with van der Waals surface area (Å²) in [4.78, 5) is 0. The van der Waals surface area contributed by atoms with Crippen LogP contribution in [0.4, 0.5) is 0 Å². The largest absolute Gasteiger partial charge is 0.493 e. The van der Waals surface area contributed by atoms with E-state index in [0.717, 1.165) is 24.2 Å². The van der Waals surface area contributed by atoms with E-state index in [1.807, 2.05) is 0 Å². The van der Waals surface area contributed by atoms with Gasteiger partial charge in [-0.25, -0.2) is 0 Å². The van der Waals surface area contributed by atoms with Crippen LogP contribution >= 0.6 is 0 Å². The Morgan fingerprint density at radius 1 is 0.950 bits per heavy atom. The summed E-state index contributed by atoms with van der Waals surface area (Å²) in [6.07, 6.45) is 10.7. The van der Waals surface area contributed by atoms with Crippen molar-refractivity contribution in [3.8, 4) is 5.75 Å². The van der Waals surface area contributed by atoms with Gasteiger partial charge in [0.25, 0.3) is 0 Å². The topological polar surface area (TPSA) is 9.23 Å². The molecule has 0 N–H and O–H groups in total.